The summed E-state index contributed by atoms with van der Waals surface area (Å²) >= 11 is 0. The zero-order chi connectivity index (χ0) is 19.3. The van der Waals surface area contributed by atoms with E-state index >= 15 is 0 Å². The van der Waals surface area contributed by atoms with Gasteiger partial charge in [0.1, 0.15) is 11.6 Å². The summed E-state index contributed by atoms with van der Waals surface area (Å²) in [5.41, 5.74) is -0.0200. The SMILES string of the molecule is C[C@H](OC(=O)[C@@H]1CCCN1C(=O)OC(C)(C)C)C(=O)Nc1ccccc1. The minimum Gasteiger partial charge on any atom is -0.451 e. The molecule has 1 aromatic rings. The molecular formula is C19H26N2O5. The Kier molecular flexibility index (Phi) is 6.23. The number of nitrogens with one attached hydrogen (secondary N) is 1. The maximum atomic E-state index is 12.4. The van der Waals surface area contributed by atoms with E-state index in [4.69, 9.17) is 9.47 Å². The van der Waals surface area contributed by atoms with Gasteiger partial charge in [-0.25, -0.2) is 9.59 Å². The first-order chi connectivity index (χ1) is 12.2. The van der Waals surface area contributed by atoms with Crippen LogP contribution in [0.2, 0.25) is 0 Å². The van der Waals surface area contributed by atoms with Crippen molar-refractivity contribution in [3.05, 3.63) is 30.3 Å². The number of nitrogens with zero attached hydrogens (tertiary/aromatic N) is 1. The number of benzene rings is 1. The van der Waals surface area contributed by atoms with Crippen molar-refractivity contribution in [1.82, 2.24) is 4.90 Å². The van der Waals surface area contributed by atoms with Crippen molar-refractivity contribution in [1.29, 1.82) is 0 Å². The van der Waals surface area contributed by atoms with E-state index in [-0.39, 0.29) is 0 Å². The fourth-order valence-corrected chi connectivity index (χ4v) is 2.62. The number of carbonyl (C=O) groups is 3. The van der Waals surface area contributed by atoms with E-state index in [1.54, 1.807) is 45.0 Å². The largest absolute Gasteiger partial charge is 0.451 e. The van der Waals surface area contributed by atoms with E-state index in [0.29, 0.717) is 25.1 Å². The Labute approximate surface area is 153 Å². The van der Waals surface area contributed by atoms with Gasteiger partial charge in [0.2, 0.25) is 0 Å². The molecule has 2 amide bonds. The summed E-state index contributed by atoms with van der Waals surface area (Å²) in [5, 5.41) is 2.68. The van der Waals surface area contributed by atoms with Gasteiger partial charge in [-0.2, -0.15) is 0 Å². The number of anilines is 1. The predicted octanol–water partition coefficient (Wildman–Crippen LogP) is 2.96. The monoisotopic (exact) mass is 362 g/mol. The summed E-state index contributed by atoms with van der Waals surface area (Å²) < 4.78 is 10.6. The van der Waals surface area contributed by atoms with Crippen molar-refractivity contribution >= 4 is 23.7 Å². The standard InChI is InChI=1S/C19H26N2O5/c1-13(16(22)20-14-9-6-5-7-10-14)25-17(23)15-11-8-12-21(15)18(24)26-19(2,3)4/h5-7,9-10,13,15H,8,11-12H2,1-4H3,(H,20,22)/t13-,15-/m0/s1. The number of ether oxygens (including phenoxy) is 2. The number of carbonyl (C=O) groups excluding carboxylic acids is 3. The van der Waals surface area contributed by atoms with Gasteiger partial charge >= 0.3 is 12.1 Å². The molecule has 2 rings (SSSR count). The smallest absolute Gasteiger partial charge is 0.411 e. The fraction of sp³-hybridized carbons (Fsp3) is 0.526. The fourth-order valence-electron chi connectivity index (χ4n) is 2.62. The maximum absolute atomic E-state index is 12.4. The molecule has 0 bridgehead atoms. The molecule has 1 N–H and O–H groups in total. The molecule has 0 saturated carbocycles. The van der Waals surface area contributed by atoms with Crippen LogP contribution < -0.4 is 5.32 Å². The first-order valence-electron chi connectivity index (χ1n) is 8.73. The third kappa shape index (κ3) is 5.47. The van der Waals surface area contributed by atoms with Crippen LogP contribution in [0.1, 0.15) is 40.5 Å². The summed E-state index contributed by atoms with van der Waals surface area (Å²) in [6.45, 7) is 7.24. The van der Waals surface area contributed by atoms with Gasteiger partial charge in [-0.1, -0.05) is 18.2 Å². The van der Waals surface area contributed by atoms with Gasteiger partial charge in [-0.05, 0) is 52.7 Å². The molecule has 1 aliphatic heterocycles. The molecule has 1 heterocycles. The minimum absolute atomic E-state index is 0.425. The van der Waals surface area contributed by atoms with Crippen LogP contribution in [-0.4, -0.2) is 47.2 Å². The maximum Gasteiger partial charge on any atom is 0.411 e. The second-order valence-electron chi connectivity index (χ2n) is 7.27. The van der Waals surface area contributed by atoms with E-state index in [1.165, 1.54) is 11.8 Å². The predicted molar refractivity (Wildman–Crippen MR) is 96.6 cm³/mol. The van der Waals surface area contributed by atoms with Crippen molar-refractivity contribution in [2.24, 2.45) is 0 Å². The topological polar surface area (TPSA) is 84.9 Å². The Hall–Kier alpha value is -2.57. The lowest BCUT2D eigenvalue weighted by Crippen LogP contribution is -2.45. The molecule has 1 fully saturated rings. The summed E-state index contributed by atoms with van der Waals surface area (Å²) in [6.07, 6.45) is -0.337. The highest BCUT2D eigenvalue weighted by atomic mass is 16.6. The highest BCUT2D eigenvalue weighted by Crippen LogP contribution is 2.22. The van der Waals surface area contributed by atoms with E-state index < -0.39 is 35.7 Å². The number of esters is 1. The average molecular weight is 362 g/mol. The Bertz CT molecular complexity index is 654. The van der Waals surface area contributed by atoms with Crippen LogP contribution >= 0.6 is 0 Å². The molecule has 0 aromatic heterocycles. The minimum atomic E-state index is -0.969. The summed E-state index contributed by atoms with van der Waals surface area (Å²) in [5.74, 6) is -1.02. The molecule has 1 saturated heterocycles. The van der Waals surface area contributed by atoms with Crippen LogP contribution in [0.4, 0.5) is 10.5 Å². The first kappa shape index (κ1) is 19.8. The summed E-state index contributed by atoms with van der Waals surface area (Å²) in [6, 6.07) is 8.19. The van der Waals surface area contributed by atoms with Crippen molar-refractivity contribution in [2.45, 2.75) is 58.3 Å². The molecular weight excluding hydrogens is 336 g/mol. The quantitative estimate of drug-likeness (QED) is 0.833. The molecule has 2 atom stereocenters. The van der Waals surface area contributed by atoms with Crippen molar-refractivity contribution < 1.29 is 23.9 Å². The second-order valence-corrected chi connectivity index (χ2v) is 7.27. The molecule has 0 unspecified atom stereocenters. The van der Waals surface area contributed by atoms with Crippen LogP contribution in [0.5, 0.6) is 0 Å². The van der Waals surface area contributed by atoms with Gasteiger partial charge in [0, 0.05) is 12.2 Å². The number of para-hydroxylation sites is 1. The zero-order valence-corrected chi connectivity index (χ0v) is 15.7. The van der Waals surface area contributed by atoms with Crippen LogP contribution in [0.25, 0.3) is 0 Å². The van der Waals surface area contributed by atoms with Crippen LogP contribution in [0.15, 0.2) is 30.3 Å². The van der Waals surface area contributed by atoms with Gasteiger partial charge in [0.25, 0.3) is 5.91 Å². The molecule has 0 aliphatic carbocycles. The van der Waals surface area contributed by atoms with E-state index in [2.05, 4.69) is 5.32 Å². The van der Waals surface area contributed by atoms with Crippen LogP contribution in [0.3, 0.4) is 0 Å². The van der Waals surface area contributed by atoms with Crippen LogP contribution in [0, 0.1) is 0 Å². The van der Waals surface area contributed by atoms with Crippen LogP contribution in [-0.2, 0) is 19.1 Å². The van der Waals surface area contributed by atoms with Crippen molar-refractivity contribution in [2.75, 3.05) is 11.9 Å². The summed E-state index contributed by atoms with van der Waals surface area (Å²) in [4.78, 5) is 38.2. The number of hydrogen-bond acceptors (Lipinski definition) is 5. The molecule has 142 valence electrons. The number of likely N-dealkylation sites (tertiary alicyclic amines) is 1. The Balaban J connectivity index is 1.93. The molecule has 7 heteroatoms. The molecule has 0 radical (unpaired) electrons. The molecule has 1 aliphatic rings. The van der Waals surface area contributed by atoms with E-state index in [9.17, 15) is 14.4 Å². The number of amides is 2. The Morgan fingerprint density at radius 3 is 2.46 bits per heavy atom. The normalized spacial score (nSPS) is 18.2. The highest BCUT2D eigenvalue weighted by Gasteiger charge is 2.38. The molecule has 1 aromatic carbocycles. The number of hydrogen-bond donors (Lipinski definition) is 1. The third-order valence-corrected chi connectivity index (χ3v) is 3.86. The van der Waals surface area contributed by atoms with Gasteiger partial charge < -0.3 is 14.8 Å². The van der Waals surface area contributed by atoms with Gasteiger partial charge in [-0.15, -0.1) is 0 Å². The highest BCUT2D eigenvalue weighted by molar-refractivity contribution is 5.95. The Morgan fingerprint density at radius 1 is 1.19 bits per heavy atom. The van der Waals surface area contributed by atoms with E-state index in [0.717, 1.165) is 0 Å². The lowest BCUT2D eigenvalue weighted by molar-refractivity contribution is -0.157. The number of rotatable bonds is 4. The lowest BCUT2D eigenvalue weighted by Gasteiger charge is -2.28. The van der Waals surface area contributed by atoms with E-state index in [1.807, 2.05) is 6.07 Å². The Morgan fingerprint density at radius 2 is 1.85 bits per heavy atom. The van der Waals surface area contributed by atoms with Gasteiger partial charge in [0.15, 0.2) is 6.10 Å². The lowest BCUT2D eigenvalue weighted by atomic mass is 10.2. The first-order valence-corrected chi connectivity index (χ1v) is 8.73. The zero-order valence-electron chi connectivity index (χ0n) is 15.7. The molecule has 0 spiro atoms. The molecule has 26 heavy (non-hydrogen) atoms. The molecule has 7 nitrogen and oxygen atoms in total. The van der Waals surface area contributed by atoms with Gasteiger partial charge in [0.05, 0.1) is 0 Å². The van der Waals surface area contributed by atoms with Crippen molar-refractivity contribution in [3.63, 3.8) is 0 Å². The van der Waals surface area contributed by atoms with Gasteiger partial charge in [-0.3, -0.25) is 9.69 Å². The average Bonchev–Trinajstić information content (AvgIpc) is 3.04. The third-order valence-electron chi connectivity index (χ3n) is 3.86. The summed E-state index contributed by atoms with van der Waals surface area (Å²) in [7, 11) is 0. The second kappa shape index (κ2) is 8.21. The van der Waals surface area contributed by atoms with Crippen molar-refractivity contribution in [3.8, 4) is 0 Å².